The summed E-state index contributed by atoms with van der Waals surface area (Å²) < 4.78 is 10.7. The molecular weight excluding hydrogens is 429 g/mol. The maximum atomic E-state index is 5.37. The summed E-state index contributed by atoms with van der Waals surface area (Å²) in [5, 5.41) is 6.73. The highest BCUT2D eigenvalue weighted by Gasteiger charge is 2.48. The molecule has 0 unspecified atom stereocenters. The second-order valence-corrected chi connectivity index (χ2v) is 6.88. The van der Waals surface area contributed by atoms with Gasteiger partial charge in [0, 0.05) is 24.8 Å². The molecule has 2 N–H and O–H groups in total. The van der Waals surface area contributed by atoms with Crippen LogP contribution in [0.2, 0.25) is 0 Å². The van der Waals surface area contributed by atoms with E-state index in [0.717, 1.165) is 36.4 Å². The number of methoxy groups -OCH3 is 2. The lowest BCUT2D eigenvalue weighted by atomic mass is 9.65. The van der Waals surface area contributed by atoms with Crippen LogP contribution in [0.5, 0.6) is 11.5 Å². The minimum atomic E-state index is 0. The van der Waals surface area contributed by atoms with Crippen molar-refractivity contribution in [2.24, 2.45) is 16.3 Å². The van der Waals surface area contributed by atoms with Crippen LogP contribution < -0.4 is 20.1 Å². The van der Waals surface area contributed by atoms with Crippen molar-refractivity contribution in [1.82, 2.24) is 5.32 Å². The number of guanidine groups is 1. The largest absolute Gasteiger partial charge is 0.493 e. The summed E-state index contributed by atoms with van der Waals surface area (Å²) >= 11 is 0. The number of nitrogens with zero attached hydrogens (tertiary/aromatic N) is 1. The van der Waals surface area contributed by atoms with Crippen molar-refractivity contribution >= 4 is 35.6 Å². The Hall–Kier alpha value is -1.18. The van der Waals surface area contributed by atoms with Gasteiger partial charge in [-0.25, -0.2) is 0 Å². The summed E-state index contributed by atoms with van der Waals surface area (Å²) in [5.41, 5.74) is 1.43. The van der Waals surface area contributed by atoms with Gasteiger partial charge in [0.05, 0.1) is 14.2 Å². The average Bonchev–Trinajstić information content (AvgIpc) is 3.39. The summed E-state index contributed by atoms with van der Waals surface area (Å²) in [5.74, 6) is 3.20. The third-order valence-corrected chi connectivity index (χ3v) is 5.34. The highest BCUT2D eigenvalue weighted by atomic mass is 127. The first kappa shape index (κ1) is 20.1. The molecule has 0 amide bonds. The maximum Gasteiger partial charge on any atom is 0.195 e. The Morgan fingerprint density at radius 1 is 1.20 bits per heavy atom. The number of ether oxygens (including phenoxy) is 2. The number of nitrogens with one attached hydrogen (secondary N) is 2. The van der Waals surface area contributed by atoms with Gasteiger partial charge in [0.2, 0.25) is 0 Å². The zero-order chi connectivity index (χ0) is 17.0. The maximum absolute atomic E-state index is 5.37. The molecule has 3 rings (SSSR count). The van der Waals surface area contributed by atoms with Gasteiger partial charge in [-0.3, -0.25) is 4.99 Å². The molecule has 1 aromatic carbocycles. The quantitative estimate of drug-likeness (QED) is 0.363. The summed E-state index contributed by atoms with van der Waals surface area (Å²) in [4.78, 5) is 4.88. The molecule has 1 aromatic rings. The molecule has 2 aliphatic carbocycles. The van der Waals surface area contributed by atoms with Crippen LogP contribution in [0.15, 0.2) is 23.2 Å². The van der Waals surface area contributed by atoms with E-state index >= 15 is 0 Å². The van der Waals surface area contributed by atoms with Gasteiger partial charge in [-0.2, -0.15) is 0 Å². The minimum absolute atomic E-state index is 0. The number of hydrogen-bond donors (Lipinski definition) is 2. The zero-order valence-electron chi connectivity index (χ0n) is 15.4. The second-order valence-electron chi connectivity index (χ2n) is 6.88. The standard InChI is InChI=1S/C19H29N3O2.HI/c1-4-20-18(21-13-19(10-5-11-19)14-6-7-14)22-15-8-9-16(23-2)17(12-15)24-3;/h8-9,12,14H,4-7,10-11,13H2,1-3H3,(H2,20,21,22);1H. The van der Waals surface area contributed by atoms with E-state index in [4.69, 9.17) is 14.5 Å². The normalized spacial score (nSPS) is 18.6. The number of halogens is 1. The van der Waals surface area contributed by atoms with Crippen LogP contribution >= 0.6 is 24.0 Å². The van der Waals surface area contributed by atoms with Gasteiger partial charge >= 0.3 is 0 Å². The number of benzene rings is 1. The first-order chi connectivity index (χ1) is 11.7. The molecule has 2 saturated carbocycles. The Kier molecular flexibility index (Phi) is 7.22. The zero-order valence-corrected chi connectivity index (χ0v) is 17.8. The fourth-order valence-corrected chi connectivity index (χ4v) is 3.62. The average molecular weight is 459 g/mol. The summed E-state index contributed by atoms with van der Waals surface area (Å²) in [6, 6.07) is 5.82. The van der Waals surface area contributed by atoms with Gasteiger partial charge in [0.25, 0.3) is 0 Å². The SMILES string of the molecule is CCNC(=NCC1(C2CC2)CCC1)Nc1ccc(OC)c(OC)c1.I. The van der Waals surface area contributed by atoms with E-state index in [0.29, 0.717) is 11.2 Å². The first-order valence-corrected chi connectivity index (χ1v) is 8.98. The van der Waals surface area contributed by atoms with E-state index < -0.39 is 0 Å². The molecule has 5 nitrogen and oxygen atoms in total. The van der Waals surface area contributed by atoms with E-state index in [1.54, 1.807) is 14.2 Å². The van der Waals surface area contributed by atoms with Crippen LogP contribution in [0.3, 0.4) is 0 Å². The van der Waals surface area contributed by atoms with E-state index in [1.165, 1.54) is 32.1 Å². The highest BCUT2D eigenvalue weighted by molar-refractivity contribution is 14.0. The van der Waals surface area contributed by atoms with Crippen LogP contribution in [0.25, 0.3) is 0 Å². The number of aliphatic imine (C=N–C) groups is 1. The van der Waals surface area contributed by atoms with E-state index in [1.807, 2.05) is 18.2 Å². The lowest BCUT2D eigenvalue weighted by Gasteiger charge is -2.41. The molecule has 0 radical (unpaired) electrons. The van der Waals surface area contributed by atoms with Gasteiger partial charge in [0.15, 0.2) is 17.5 Å². The van der Waals surface area contributed by atoms with Crippen molar-refractivity contribution in [2.75, 3.05) is 32.6 Å². The molecule has 0 aromatic heterocycles. The van der Waals surface area contributed by atoms with Gasteiger partial charge in [-0.05, 0) is 56.1 Å². The molecule has 0 spiro atoms. The molecule has 0 bridgehead atoms. The molecule has 2 fully saturated rings. The molecule has 6 heteroatoms. The van der Waals surface area contributed by atoms with Crippen molar-refractivity contribution in [2.45, 2.75) is 39.0 Å². The molecule has 0 atom stereocenters. The van der Waals surface area contributed by atoms with Crippen LogP contribution in [0, 0.1) is 11.3 Å². The fourth-order valence-electron chi connectivity index (χ4n) is 3.62. The molecule has 0 aliphatic heterocycles. The Bertz CT molecular complexity index is 598. The second kappa shape index (κ2) is 8.96. The van der Waals surface area contributed by atoms with Crippen molar-refractivity contribution < 1.29 is 9.47 Å². The molecule has 2 aliphatic rings. The van der Waals surface area contributed by atoms with E-state index in [2.05, 4.69) is 17.6 Å². The van der Waals surface area contributed by atoms with Crippen LogP contribution in [-0.2, 0) is 0 Å². The van der Waals surface area contributed by atoms with Crippen molar-refractivity contribution in [3.63, 3.8) is 0 Å². The Balaban J connectivity index is 0.00000225. The number of hydrogen-bond acceptors (Lipinski definition) is 3. The molecular formula is C19H30IN3O2. The lowest BCUT2D eigenvalue weighted by Crippen LogP contribution is -2.37. The summed E-state index contributed by atoms with van der Waals surface area (Å²) in [6.45, 7) is 3.86. The smallest absolute Gasteiger partial charge is 0.195 e. The molecule has 0 saturated heterocycles. The fraction of sp³-hybridized carbons (Fsp3) is 0.632. The van der Waals surface area contributed by atoms with Crippen molar-refractivity contribution in [1.29, 1.82) is 0 Å². The molecule has 0 heterocycles. The van der Waals surface area contributed by atoms with Crippen molar-refractivity contribution in [3.8, 4) is 11.5 Å². The van der Waals surface area contributed by atoms with Crippen LogP contribution in [0.1, 0.15) is 39.0 Å². The van der Waals surface area contributed by atoms with Gasteiger partial charge in [-0.1, -0.05) is 6.42 Å². The topological polar surface area (TPSA) is 54.9 Å². The Morgan fingerprint density at radius 3 is 2.44 bits per heavy atom. The minimum Gasteiger partial charge on any atom is -0.493 e. The van der Waals surface area contributed by atoms with Crippen LogP contribution in [0.4, 0.5) is 5.69 Å². The molecule has 25 heavy (non-hydrogen) atoms. The van der Waals surface area contributed by atoms with Crippen molar-refractivity contribution in [3.05, 3.63) is 18.2 Å². The van der Waals surface area contributed by atoms with Crippen LogP contribution in [-0.4, -0.2) is 33.3 Å². The third kappa shape index (κ3) is 4.71. The Morgan fingerprint density at radius 2 is 1.92 bits per heavy atom. The highest BCUT2D eigenvalue weighted by Crippen LogP contribution is 2.57. The summed E-state index contributed by atoms with van der Waals surface area (Å²) in [6.07, 6.45) is 6.85. The number of rotatable bonds is 7. The monoisotopic (exact) mass is 459 g/mol. The molecule has 140 valence electrons. The Labute approximate surface area is 168 Å². The van der Waals surface area contributed by atoms with E-state index in [9.17, 15) is 0 Å². The first-order valence-electron chi connectivity index (χ1n) is 8.98. The predicted molar refractivity (Wildman–Crippen MR) is 114 cm³/mol. The number of anilines is 1. The lowest BCUT2D eigenvalue weighted by molar-refractivity contribution is 0.113. The van der Waals surface area contributed by atoms with Gasteiger partial charge in [-0.15, -0.1) is 24.0 Å². The summed E-state index contributed by atoms with van der Waals surface area (Å²) in [7, 11) is 3.29. The third-order valence-electron chi connectivity index (χ3n) is 5.34. The van der Waals surface area contributed by atoms with Gasteiger partial charge < -0.3 is 20.1 Å². The predicted octanol–water partition coefficient (Wildman–Crippen LogP) is 4.28. The van der Waals surface area contributed by atoms with E-state index in [-0.39, 0.29) is 24.0 Å². The van der Waals surface area contributed by atoms with Gasteiger partial charge in [0.1, 0.15) is 0 Å².